The number of guanidine groups is 1. The van der Waals surface area contributed by atoms with Gasteiger partial charge in [0.2, 0.25) is 5.91 Å². The molecular formula is C21H40IN5O2. The number of hydrogen-bond donors (Lipinski definition) is 3. The molecule has 2 aliphatic carbocycles. The van der Waals surface area contributed by atoms with E-state index in [1.54, 1.807) is 7.05 Å². The summed E-state index contributed by atoms with van der Waals surface area (Å²) in [5.41, 5.74) is 0.309. The number of aliphatic imine (C=N–C) groups is 1. The van der Waals surface area contributed by atoms with Gasteiger partial charge >= 0.3 is 0 Å². The summed E-state index contributed by atoms with van der Waals surface area (Å²) in [6.45, 7) is 8.17. The fraction of sp³-hybridized carbons (Fsp3) is 0.905. The van der Waals surface area contributed by atoms with E-state index in [2.05, 4.69) is 34.7 Å². The lowest BCUT2D eigenvalue weighted by Crippen LogP contribution is -2.65. The fourth-order valence-corrected chi connectivity index (χ4v) is 5.26. The van der Waals surface area contributed by atoms with Crippen molar-refractivity contribution in [3.05, 3.63) is 0 Å². The maximum atomic E-state index is 11.6. The molecule has 0 bridgehead atoms. The first-order valence-corrected chi connectivity index (χ1v) is 11.2. The Balaban J connectivity index is 0.00000300. The lowest BCUT2D eigenvalue weighted by molar-refractivity contribution is -0.125. The summed E-state index contributed by atoms with van der Waals surface area (Å²) in [6, 6.07) is 0.888. The number of amides is 1. The summed E-state index contributed by atoms with van der Waals surface area (Å²) in [4.78, 5) is 18.5. The van der Waals surface area contributed by atoms with E-state index in [-0.39, 0.29) is 29.9 Å². The first-order chi connectivity index (χ1) is 13.6. The van der Waals surface area contributed by atoms with Crippen molar-refractivity contribution >= 4 is 35.8 Å². The summed E-state index contributed by atoms with van der Waals surface area (Å²) < 4.78 is 6.05. The predicted molar refractivity (Wildman–Crippen MR) is 128 cm³/mol. The second-order valence-corrected chi connectivity index (χ2v) is 8.51. The molecule has 0 aromatic heterocycles. The van der Waals surface area contributed by atoms with E-state index in [4.69, 9.17) is 9.73 Å². The molecule has 29 heavy (non-hydrogen) atoms. The third kappa shape index (κ3) is 5.97. The average Bonchev–Trinajstić information content (AvgIpc) is 3.22. The molecule has 1 amide bonds. The molecular weight excluding hydrogens is 481 g/mol. The molecule has 0 radical (unpaired) electrons. The number of nitrogens with zero attached hydrogens (tertiary/aromatic N) is 2. The van der Waals surface area contributed by atoms with Crippen molar-refractivity contribution in [3.63, 3.8) is 0 Å². The van der Waals surface area contributed by atoms with E-state index in [0.717, 1.165) is 51.5 Å². The van der Waals surface area contributed by atoms with Gasteiger partial charge < -0.3 is 20.7 Å². The number of rotatable bonds is 7. The Labute approximate surface area is 193 Å². The van der Waals surface area contributed by atoms with Crippen molar-refractivity contribution < 1.29 is 9.53 Å². The van der Waals surface area contributed by atoms with Gasteiger partial charge in [-0.05, 0) is 46.0 Å². The molecule has 168 valence electrons. The first-order valence-electron chi connectivity index (χ1n) is 11.2. The van der Waals surface area contributed by atoms with Gasteiger partial charge in [-0.2, -0.15) is 0 Å². The maximum Gasteiger partial charge on any atom is 0.233 e. The Bertz CT molecular complexity index is 545. The summed E-state index contributed by atoms with van der Waals surface area (Å²) in [6.07, 6.45) is 8.76. The minimum atomic E-state index is 0. The zero-order valence-corrected chi connectivity index (χ0v) is 20.7. The van der Waals surface area contributed by atoms with Gasteiger partial charge in [0.15, 0.2) is 5.96 Å². The van der Waals surface area contributed by atoms with Crippen LogP contribution < -0.4 is 16.0 Å². The number of halogens is 1. The van der Waals surface area contributed by atoms with Crippen LogP contribution in [0.15, 0.2) is 4.99 Å². The molecule has 0 aromatic rings. The lowest BCUT2D eigenvalue weighted by atomic mass is 9.60. The maximum absolute atomic E-state index is 11.6. The Morgan fingerprint density at radius 2 is 1.86 bits per heavy atom. The highest BCUT2D eigenvalue weighted by molar-refractivity contribution is 14.0. The fourth-order valence-electron chi connectivity index (χ4n) is 5.26. The van der Waals surface area contributed by atoms with E-state index in [0.29, 0.717) is 30.1 Å². The van der Waals surface area contributed by atoms with Gasteiger partial charge in [-0.1, -0.05) is 12.8 Å². The van der Waals surface area contributed by atoms with Gasteiger partial charge in [0.25, 0.3) is 0 Å². The molecule has 2 unspecified atom stereocenters. The number of likely N-dealkylation sites (N-methyl/N-ethyl adjacent to an activating group) is 1. The molecule has 2 atom stereocenters. The van der Waals surface area contributed by atoms with Gasteiger partial charge in [-0.25, -0.2) is 0 Å². The number of ether oxygens (including phenoxy) is 1. The van der Waals surface area contributed by atoms with Crippen LogP contribution >= 0.6 is 24.0 Å². The summed E-state index contributed by atoms with van der Waals surface area (Å²) in [5.74, 6) is 1.05. The highest BCUT2D eigenvalue weighted by Gasteiger charge is 2.57. The molecule has 1 saturated heterocycles. The lowest BCUT2D eigenvalue weighted by Gasteiger charge is -2.54. The van der Waals surface area contributed by atoms with Crippen LogP contribution in [0, 0.1) is 5.41 Å². The van der Waals surface area contributed by atoms with Crippen LogP contribution in [0.25, 0.3) is 0 Å². The molecule has 1 heterocycles. The van der Waals surface area contributed by atoms with Crippen LogP contribution in [0.1, 0.15) is 58.8 Å². The normalized spacial score (nSPS) is 27.2. The zero-order chi connectivity index (χ0) is 20.0. The SMILES string of the molecule is CCN=C(NC1CCN(CC(=O)NC)CC1)NC1CC(OCC)C12CCCC2.I. The Hall–Kier alpha value is -0.610. The Kier molecular flexibility index (Phi) is 9.94. The van der Waals surface area contributed by atoms with Gasteiger partial charge in [-0.15, -0.1) is 24.0 Å². The largest absolute Gasteiger partial charge is 0.378 e. The number of likely N-dealkylation sites (tertiary alicyclic amines) is 1. The topological polar surface area (TPSA) is 78.0 Å². The van der Waals surface area contributed by atoms with Gasteiger partial charge in [-0.3, -0.25) is 14.7 Å². The molecule has 1 aliphatic heterocycles. The second kappa shape index (κ2) is 11.7. The number of nitrogens with one attached hydrogen (secondary N) is 3. The van der Waals surface area contributed by atoms with E-state index in [1.165, 1.54) is 25.7 Å². The van der Waals surface area contributed by atoms with Gasteiger partial charge in [0.05, 0.1) is 12.6 Å². The number of carbonyl (C=O) groups excluding carboxylic acids is 1. The Morgan fingerprint density at radius 3 is 2.45 bits per heavy atom. The predicted octanol–water partition coefficient (Wildman–Crippen LogP) is 2.11. The van der Waals surface area contributed by atoms with Crippen molar-refractivity contribution in [2.75, 3.05) is 39.8 Å². The summed E-state index contributed by atoms with van der Waals surface area (Å²) in [5, 5.41) is 10.1. The molecule has 3 aliphatic rings. The summed E-state index contributed by atoms with van der Waals surface area (Å²) >= 11 is 0. The van der Waals surface area contributed by atoms with E-state index in [9.17, 15) is 4.79 Å². The highest BCUT2D eigenvalue weighted by Crippen LogP contribution is 2.54. The minimum absolute atomic E-state index is 0. The summed E-state index contributed by atoms with van der Waals surface area (Å²) in [7, 11) is 1.70. The van der Waals surface area contributed by atoms with Crippen LogP contribution in [0.2, 0.25) is 0 Å². The van der Waals surface area contributed by atoms with Crippen LogP contribution in [0.3, 0.4) is 0 Å². The molecule has 2 saturated carbocycles. The van der Waals surface area contributed by atoms with Crippen molar-refractivity contribution in [3.8, 4) is 0 Å². The third-order valence-corrected chi connectivity index (χ3v) is 6.89. The average molecular weight is 521 g/mol. The number of hydrogen-bond acceptors (Lipinski definition) is 4. The zero-order valence-electron chi connectivity index (χ0n) is 18.3. The van der Waals surface area contributed by atoms with E-state index >= 15 is 0 Å². The molecule has 3 N–H and O–H groups in total. The van der Waals surface area contributed by atoms with Crippen LogP contribution in [0.5, 0.6) is 0 Å². The van der Waals surface area contributed by atoms with E-state index < -0.39 is 0 Å². The smallest absolute Gasteiger partial charge is 0.233 e. The van der Waals surface area contributed by atoms with Crippen molar-refractivity contribution in [2.45, 2.75) is 77.0 Å². The second-order valence-electron chi connectivity index (χ2n) is 8.51. The van der Waals surface area contributed by atoms with Crippen LogP contribution in [0.4, 0.5) is 0 Å². The molecule has 7 nitrogen and oxygen atoms in total. The minimum Gasteiger partial charge on any atom is -0.378 e. The standard InChI is InChI=1S/C21H39N5O2.HI/c1-4-23-20(24-16-8-12-26(13-9-16)15-19(27)22-3)25-17-14-18(28-5-2)21(17)10-6-7-11-21;/h16-18H,4-15H2,1-3H3,(H,22,27)(H2,23,24,25);1H. The van der Waals surface area contributed by atoms with Gasteiger partial charge in [0.1, 0.15) is 0 Å². The van der Waals surface area contributed by atoms with Gasteiger partial charge in [0, 0.05) is 50.8 Å². The van der Waals surface area contributed by atoms with Crippen molar-refractivity contribution in [1.82, 2.24) is 20.9 Å². The monoisotopic (exact) mass is 521 g/mol. The molecule has 8 heteroatoms. The molecule has 0 aromatic carbocycles. The third-order valence-electron chi connectivity index (χ3n) is 6.89. The van der Waals surface area contributed by atoms with Crippen molar-refractivity contribution in [1.29, 1.82) is 0 Å². The van der Waals surface area contributed by atoms with Crippen molar-refractivity contribution in [2.24, 2.45) is 10.4 Å². The first kappa shape index (κ1) is 24.7. The molecule has 3 fully saturated rings. The Morgan fingerprint density at radius 1 is 1.17 bits per heavy atom. The molecule has 3 rings (SSSR count). The van der Waals surface area contributed by atoms with Crippen LogP contribution in [-0.4, -0.2) is 74.8 Å². The van der Waals surface area contributed by atoms with Crippen LogP contribution in [-0.2, 0) is 9.53 Å². The number of carbonyl (C=O) groups is 1. The highest BCUT2D eigenvalue weighted by atomic mass is 127. The number of piperidine rings is 1. The molecule has 1 spiro atoms. The quantitative estimate of drug-likeness (QED) is 0.272. The van der Waals surface area contributed by atoms with E-state index in [1.807, 2.05) is 0 Å².